The summed E-state index contributed by atoms with van der Waals surface area (Å²) in [5.74, 6) is 1.36. The Kier molecular flexibility index (Phi) is 4.55. The Labute approximate surface area is 157 Å². The lowest BCUT2D eigenvalue weighted by Gasteiger charge is -2.18. The van der Waals surface area contributed by atoms with Gasteiger partial charge in [-0.25, -0.2) is 0 Å². The van der Waals surface area contributed by atoms with Crippen molar-refractivity contribution >= 4 is 33.2 Å². The zero-order valence-electron chi connectivity index (χ0n) is 14.4. The summed E-state index contributed by atoms with van der Waals surface area (Å²) in [7, 11) is 0. The van der Waals surface area contributed by atoms with Crippen LogP contribution in [0.25, 0.3) is 0 Å². The lowest BCUT2D eigenvalue weighted by atomic mass is 10.1. The SMILES string of the molecule is CC1CCN(c2ccc(NC(=O)C3CC3c3ccc(Br)cc3)cc2)C1. The van der Waals surface area contributed by atoms with Crippen molar-refractivity contribution in [2.45, 2.75) is 25.7 Å². The van der Waals surface area contributed by atoms with Gasteiger partial charge in [-0.3, -0.25) is 4.79 Å². The van der Waals surface area contributed by atoms with Crippen molar-refractivity contribution in [1.29, 1.82) is 0 Å². The molecule has 130 valence electrons. The molecule has 2 fully saturated rings. The van der Waals surface area contributed by atoms with Gasteiger partial charge in [-0.05, 0) is 66.6 Å². The molecule has 1 amide bonds. The van der Waals surface area contributed by atoms with Gasteiger partial charge in [0.15, 0.2) is 0 Å². The fourth-order valence-corrected chi connectivity index (χ4v) is 3.99. The van der Waals surface area contributed by atoms with Gasteiger partial charge in [-0.2, -0.15) is 0 Å². The van der Waals surface area contributed by atoms with E-state index in [1.165, 1.54) is 17.7 Å². The summed E-state index contributed by atoms with van der Waals surface area (Å²) in [4.78, 5) is 14.9. The number of benzene rings is 2. The lowest BCUT2D eigenvalue weighted by Crippen LogP contribution is -2.19. The number of nitrogens with zero attached hydrogens (tertiary/aromatic N) is 1. The standard InChI is InChI=1S/C21H23BrN2O/c1-14-10-11-24(13-14)18-8-6-17(7-9-18)23-21(25)20-12-19(20)15-2-4-16(22)5-3-15/h2-9,14,19-20H,10-13H2,1H3,(H,23,25). The second-order valence-electron chi connectivity index (χ2n) is 7.38. The van der Waals surface area contributed by atoms with Crippen LogP contribution < -0.4 is 10.2 Å². The van der Waals surface area contributed by atoms with E-state index in [-0.39, 0.29) is 11.8 Å². The van der Waals surface area contributed by atoms with Crippen LogP contribution in [0.1, 0.15) is 31.2 Å². The van der Waals surface area contributed by atoms with Gasteiger partial charge in [-0.15, -0.1) is 0 Å². The summed E-state index contributed by atoms with van der Waals surface area (Å²) in [5, 5.41) is 3.07. The second kappa shape index (κ2) is 6.83. The number of hydrogen-bond donors (Lipinski definition) is 1. The van der Waals surface area contributed by atoms with Gasteiger partial charge < -0.3 is 10.2 Å². The summed E-state index contributed by atoms with van der Waals surface area (Å²) in [6.45, 7) is 4.55. The number of anilines is 2. The van der Waals surface area contributed by atoms with E-state index in [9.17, 15) is 4.79 Å². The first kappa shape index (κ1) is 16.6. The highest BCUT2D eigenvalue weighted by Crippen LogP contribution is 2.48. The third kappa shape index (κ3) is 3.74. The van der Waals surface area contributed by atoms with Crippen molar-refractivity contribution in [2.75, 3.05) is 23.3 Å². The molecule has 25 heavy (non-hydrogen) atoms. The van der Waals surface area contributed by atoms with Crippen LogP contribution >= 0.6 is 15.9 Å². The van der Waals surface area contributed by atoms with E-state index < -0.39 is 0 Å². The molecule has 4 rings (SSSR count). The Hall–Kier alpha value is -1.81. The number of nitrogens with one attached hydrogen (secondary N) is 1. The lowest BCUT2D eigenvalue weighted by molar-refractivity contribution is -0.117. The van der Waals surface area contributed by atoms with Crippen molar-refractivity contribution in [2.24, 2.45) is 11.8 Å². The van der Waals surface area contributed by atoms with Gasteiger partial charge in [0.25, 0.3) is 0 Å². The van der Waals surface area contributed by atoms with Crippen molar-refractivity contribution in [3.05, 3.63) is 58.6 Å². The van der Waals surface area contributed by atoms with Crippen LogP contribution in [0.2, 0.25) is 0 Å². The molecule has 2 aliphatic rings. The molecule has 3 unspecified atom stereocenters. The molecule has 0 spiro atoms. The Morgan fingerprint density at radius 3 is 2.48 bits per heavy atom. The fourth-order valence-electron chi connectivity index (χ4n) is 3.72. The van der Waals surface area contributed by atoms with E-state index >= 15 is 0 Å². The Balaban J connectivity index is 1.35. The van der Waals surface area contributed by atoms with E-state index in [4.69, 9.17) is 0 Å². The Morgan fingerprint density at radius 2 is 1.84 bits per heavy atom. The molecule has 4 heteroatoms. The van der Waals surface area contributed by atoms with Crippen molar-refractivity contribution in [1.82, 2.24) is 0 Å². The summed E-state index contributed by atoms with van der Waals surface area (Å²) >= 11 is 3.45. The number of halogens is 1. The number of hydrogen-bond acceptors (Lipinski definition) is 2. The normalized spacial score (nSPS) is 25.0. The largest absolute Gasteiger partial charge is 0.371 e. The van der Waals surface area contributed by atoms with Crippen LogP contribution in [0.5, 0.6) is 0 Å². The van der Waals surface area contributed by atoms with Crippen molar-refractivity contribution in [3.63, 3.8) is 0 Å². The number of carbonyl (C=O) groups excluding carboxylic acids is 1. The number of rotatable bonds is 4. The molecule has 1 aliphatic carbocycles. The van der Waals surface area contributed by atoms with Crippen LogP contribution in [-0.2, 0) is 4.79 Å². The minimum atomic E-state index is 0.0975. The molecule has 0 bridgehead atoms. The van der Waals surface area contributed by atoms with E-state index in [0.29, 0.717) is 5.92 Å². The topological polar surface area (TPSA) is 32.3 Å². The van der Waals surface area contributed by atoms with E-state index in [2.05, 4.69) is 57.3 Å². The number of carbonyl (C=O) groups is 1. The van der Waals surface area contributed by atoms with Crippen molar-refractivity contribution in [3.8, 4) is 0 Å². The van der Waals surface area contributed by atoms with Crippen LogP contribution in [0, 0.1) is 11.8 Å². The first-order valence-corrected chi connectivity index (χ1v) is 9.81. The first-order chi connectivity index (χ1) is 12.1. The van der Waals surface area contributed by atoms with Gasteiger partial charge in [0.1, 0.15) is 0 Å². The molecule has 2 aromatic rings. The van der Waals surface area contributed by atoms with Crippen LogP contribution in [0.4, 0.5) is 11.4 Å². The van der Waals surface area contributed by atoms with Crippen molar-refractivity contribution < 1.29 is 4.79 Å². The molecule has 1 N–H and O–H groups in total. The quantitative estimate of drug-likeness (QED) is 0.782. The summed E-state index contributed by atoms with van der Waals surface area (Å²) in [6, 6.07) is 16.6. The molecule has 2 aromatic carbocycles. The minimum Gasteiger partial charge on any atom is -0.371 e. The molecule has 3 nitrogen and oxygen atoms in total. The van der Waals surface area contributed by atoms with E-state index in [0.717, 1.165) is 35.6 Å². The third-order valence-corrected chi connectivity index (χ3v) is 5.88. The third-order valence-electron chi connectivity index (χ3n) is 5.35. The van der Waals surface area contributed by atoms with Crippen LogP contribution in [0.3, 0.4) is 0 Å². The maximum atomic E-state index is 12.5. The Bertz CT molecular complexity index is 756. The fraction of sp³-hybridized carbons (Fsp3) is 0.381. The Morgan fingerprint density at radius 1 is 1.12 bits per heavy atom. The smallest absolute Gasteiger partial charge is 0.228 e. The second-order valence-corrected chi connectivity index (χ2v) is 8.29. The average molecular weight is 399 g/mol. The molecule has 0 aromatic heterocycles. The monoisotopic (exact) mass is 398 g/mol. The highest BCUT2D eigenvalue weighted by atomic mass is 79.9. The highest BCUT2D eigenvalue weighted by Gasteiger charge is 2.43. The summed E-state index contributed by atoms with van der Waals surface area (Å²) < 4.78 is 1.07. The summed E-state index contributed by atoms with van der Waals surface area (Å²) in [5.41, 5.74) is 3.39. The van der Waals surface area contributed by atoms with Gasteiger partial charge in [0, 0.05) is 34.9 Å². The molecule has 1 heterocycles. The molecule has 0 radical (unpaired) electrons. The molecular weight excluding hydrogens is 376 g/mol. The highest BCUT2D eigenvalue weighted by molar-refractivity contribution is 9.10. The molecule has 1 saturated heterocycles. The van der Waals surface area contributed by atoms with Gasteiger partial charge in [0.2, 0.25) is 5.91 Å². The minimum absolute atomic E-state index is 0.0975. The summed E-state index contributed by atoms with van der Waals surface area (Å²) in [6.07, 6.45) is 2.20. The van der Waals surface area contributed by atoms with Crippen LogP contribution in [-0.4, -0.2) is 19.0 Å². The zero-order chi connectivity index (χ0) is 17.4. The van der Waals surface area contributed by atoms with Gasteiger partial charge in [-0.1, -0.05) is 35.0 Å². The van der Waals surface area contributed by atoms with Crippen LogP contribution in [0.15, 0.2) is 53.0 Å². The predicted octanol–water partition coefficient (Wildman–Crippen LogP) is 5.04. The van der Waals surface area contributed by atoms with E-state index in [1.54, 1.807) is 0 Å². The molecule has 1 saturated carbocycles. The molecule has 3 atom stereocenters. The average Bonchev–Trinajstić information content (AvgIpc) is 3.30. The van der Waals surface area contributed by atoms with Gasteiger partial charge >= 0.3 is 0 Å². The predicted molar refractivity (Wildman–Crippen MR) is 106 cm³/mol. The maximum absolute atomic E-state index is 12.5. The number of amides is 1. The zero-order valence-corrected chi connectivity index (χ0v) is 16.0. The maximum Gasteiger partial charge on any atom is 0.228 e. The van der Waals surface area contributed by atoms with Gasteiger partial charge in [0.05, 0.1) is 0 Å². The first-order valence-electron chi connectivity index (χ1n) is 9.01. The molecular formula is C21H23BrN2O. The molecule has 1 aliphatic heterocycles. The van der Waals surface area contributed by atoms with E-state index in [1.807, 2.05) is 24.3 Å².